The van der Waals surface area contributed by atoms with Gasteiger partial charge >= 0.3 is 0 Å². The first-order chi connectivity index (χ1) is 9.06. The number of fused-ring (bicyclic) bond motifs is 1. The standard InChI is InChI=1S/C15H21NO3/c1-10(2)11(3)16-15(17)7-5-12-4-6-13-14(8-12)19-9-18-13/h4,6,8,10-11H,5,7,9H2,1-3H3,(H,16,17)/t11-/m1/s1. The van der Waals surface area contributed by atoms with Crippen LogP contribution in [0.5, 0.6) is 11.5 Å². The number of carbonyl (C=O) groups is 1. The van der Waals surface area contributed by atoms with Gasteiger partial charge in [-0.3, -0.25) is 4.79 Å². The molecular formula is C15H21NO3. The Bertz CT molecular complexity index is 457. The average molecular weight is 263 g/mol. The molecule has 1 N–H and O–H groups in total. The van der Waals surface area contributed by atoms with E-state index in [1.165, 1.54) is 0 Å². The van der Waals surface area contributed by atoms with Gasteiger partial charge in [0, 0.05) is 12.5 Å². The van der Waals surface area contributed by atoms with Crippen LogP contribution in [0.1, 0.15) is 32.8 Å². The molecule has 104 valence electrons. The molecule has 1 atom stereocenters. The van der Waals surface area contributed by atoms with E-state index in [0.29, 0.717) is 18.8 Å². The Kier molecular flexibility index (Phi) is 4.30. The van der Waals surface area contributed by atoms with Crippen molar-refractivity contribution in [1.82, 2.24) is 5.32 Å². The van der Waals surface area contributed by atoms with E-state index >= 15 is 0 Å². The van der Waals surface area contributed by atoms with Crippen LogP contribution in [0.15, 0.2) is 18.2 Å². The third-order valence-corrected chi connectivity index (χ3v) is 3.47. The molecule has 0 saturated carbocycles. The third kappa shape index (κ3) is 3.63. The number of hydrogen-bond acceptors (Lipinski definition) is 3. The molecule has 0 saturated heterocycles. The number of amides is 1. The van der Waals surface area contributed by atoms with Crippen LogP contribution < -0.4 is 14.8 Å². The summed E-state index contributed by atoms with van der Waals surface area (Å²) in [5.74, 6) is 2.10. The van der Waals surface area contributed by atoms with E-state index in [0.717, 1.165) is 17.1 Å². The van der Waals surface area contributed by atoms with E-state index in [9.17, 15) is 4.79 Å². The van der Waals surface area contributed by atoms with E-state index in [-0.39, 0.29) is 18.7 Å². The van der Waals surface area contributed by atoms with Gasteiger partial charge in [-0.05, 0) is 37.0 Å². The summed E-state index contributed by atoms with van der Waals surface area (Å²) in [7, 11) is 0. The van der Waals surface area contributed by atoms with Gasteiger partial charge in [0.25, 0.3) is 0 Å². The molecule has 19 heavy (non-hydrogen) atoms. The minimum atomic E-state index is 0.0962. The summed E-state index contributed by atoms with van der Waals surface area (Å²) in [6.45, 7) is 6.51. The molecule has 1 aliphatic rings. The predicted molar refractivity (Wildman–Crippen MR) is 73.3 cm³/mol. The number of carbonyl (C=O) groups excluding carboxylic acids is 1. The maximum Gasteiger partial charge on any atom is 0.231 e. The maximum atomic E-state index is 11.8. The van der Waals surface area contributed by atoms with Gasteiger partial charge in [-0.2, -0.15) is 0 Å². The summed E-state index contributed by atoms with van der Waals surface area (Å²) >= 11 is 0. The predicted octanol–water partition coefficient (Wildman–Crippen LogP) is 2.51. The van der Waals surface area contributed by atoms with Crippen molar-refractivity contribution >= 4 is 5.91 Å². The highest BCUT2D eigenvalue weighted by Crippen LogP contribution is 2.32. The molecule has 1 amide bonds. The molecule has 0 aromatic heterocycles. The fraction of sp³-hybridized carbons (Fsp3) is 0.533. The van der Waals surface area contributed by atoms with Crippen molar-refractivity contribution in [3.05, 3.63) is 23.8 Å². The first kappa shape index (κ1) is 13.7. The zero-order chi connectivity index (χ0) is 13.8. The second-order valence-electron chi connectivity index (χ2n) is 5.29. The Morgan fingerprint density at radius 2 is 2.00 bits per heavy atom. The SMILES string of the molecule is CC(C)[C@@H](C)NC(=O)CCc1ccc2c(c1)OCO2. The topological polar surface area (TPSA) is 47.6 Å². The molecule has 1 aromatic rings. The first-order valence-corrected chi connectivity index (χ1v) is 6.74. The highest BCUT2D eigenvalue weighted by atomic mass is 16.7. The number of hydrogen-bond donors (Lipinski definition) is 1. The Balaban J connectivity index is 1.84. The number of ether oxygens (including phenoxy) is 2. The van der Waals surface area contributed by atoms with Crippen molar-refractivity contribution in [1.29, 1.82) is 0 Å². The lowest BCUT2D eigenvalue weighted by molar-refractivity contribution is -0.121. The van der Waals surface area contributed by atoms with Crippen LogP contribution in [0.3, 0.4) is 0 Å². The van der Waals surface area contributed by atoms with E-state index in [4.69, 9.17) is 9.47 Å². The zero-order valence-corrected chi connectivity index (χ0v) is 11.7. The molecule has 2 rings (SSSR count). The number of aryl methyl sites for hydroxylation is 1. The van der Waals surface area contributed by atoms with Crippen molar-refractivity contribution in [3.8, 4) is 11.5 Å². The molecule has 1 heterocycles. The van der Waals surface area contributed by atoms with Crippen molar-refractivity contribution < 1.29 is 14.3 Å². The molecule has 0 fully saturated rings. The lowest BCUT2D eigenvalue weighted by Crippen LogP contribution is -2.36. The lowest BCUT2D eigenvalue weighted by atomic mass is 10.1. The van der Waals surface area contributed by atoms with E-state index in [1.54, 1.807) is 0 Å². The average Bonchev–Trinajstić information content (AvgIpc) is 2.83. The van der Waals surface area contributed by atoms with Crippen LogP contribution in [0.25, 0.3) is 0 Å². The summed E-state index contributed by atoms with van der Waals surface area (Å²) in [6.07, 6.45) is 1.21. The normalized spacial score (nSPS) is 14.5. The van der Waals surface area contributed by atoms with E-state index < -0.39 is 0 Å². The molecule has 0 radical (unpaired) electrons. The Morgan fingerprint density at radius 3 is 2.74 bits per heavy atom. The van der Waals surface area contributed by atoms with Crippen LogP contribution in [-0.4, -0.2) is 18.7 Å². The smallest absolute Gasteiger partial charge is 0.231 e. The molecule has 0 spiro atoms. The van der Waals surface area contributed by atoms with Gasteiger partial charge < -0.3 is 14.8 Å². The fourth-order valence-corrected chi connectivity index (χ4v) is 1.85. The van der Waals surface area contributed by atoms with E-state index in [2.05, 4.69) is 19.2 Å². The number of rotatable bonds is 5. The molecular weight excluding hydrogens is 242 g/mol. The number of benzene rings is 1. The summed E-state index contributed by atoms with van der Waals surface area (Å²) in [6, 6.07) is 6.03. The Hall–Kier alpha value is -1.71. The first-order valence-electron chi connectivity index (χ1n) is 6.74. The molecule has 1 aliphatic heterocycles. The molecule has 0 unspecified atom stereocenters. The van der Waals surface area contributed by atoms with Crippen LogP contribution in [0.4, 0.5) is 0 Å². The second kappa shape index (κ2) is 5.95. The minimum absolute atomic E-state index is 0.0962. The highest BCUT2D eigenvalue weighted by molar-refractivity contribution is 5.76. The molecule has 1 aromatic carbocycles. The van der Waals surface area contributed by atoms with Crippen LogP contribution >= 0.6 is 0 Å². The highest BCUT2D eigenvalue weighted by Gasteiger charge is 2.14. The van der Waals surface area contributed by atoms with Gasteiger partial charge in [-0.15, -0.1) is 0 Å². The summed E-state index contributed by atoms with van der Waals surface area (Å²) < 4.78 is 10.6. The summed E-state index contributed by atoms with van der Waals surface area (Å²) in [4.78, 5) is 11.8. The van der Waals surface area contributed by atoms with Gasteiger partial charge in [0.2, 0.25) is 12.7 Å². The number of nitrogens with one attached hydrogen (secondary N) is 1. The van der Waals surface area contributed by atoms with Gasteiger partial charge in [0.05, 0.1) is 0 Å². The van der Waals surface area contributed by atoms with Crippen molar-refractivity contribution in [2.24, 2.45) is 5.92 Å². The zero-order valence-electron chi connectivity index (χ0n) is 11.7. The second-order valence-corrected chi connectivity index (χ2v) is 5.29. The van der Waals surface area contributed by atoms with Crippen molar-refractivity contribution in [2.45, 2.75) is 39.7 Å². The van der Waals surface area contributed by atoms with Gasteiger partial charge in [-0.1, -0.05) is 19.9 Å². The Labute approximate surface area is 114 Å². The molecule has 0 bridgehead atoms. The van der Waals surface area contributed by atoms with Crippen LogP contribution in [0, 0.1) is 5.92 Å². The molecule has 4 heteroatoms. The third-order valence-electron chi connectivity index (χ3n) is 3.47. The lowest BCUT2D eigenvalue weighted by Gasteiger charge is -2.17. The van der Waals surface area contributed by atoms with Crippen molar-refractivity contribution in [3.63, 3.8) is 0 Å². The van der Waals surface area contributed by atoms with Crippen molar-refractivity contribution in [2.75, 3.05) is 6.79 Å². The van der Waals surface area contributed by atoms with Gasteiger partial charge in [0.1, 0.15) is 0 Å². The maximum absolute atomic E-state index is 11.8. The summed E-state index contributed by atoms with van der Waals surface area (Å²) in [5, 5.41) is 3.01. The quantitative estimate of drug-likeness (QED) is 0.888. The summed E-state index contributed by atoms with van der Waals surface area (Å²) in [5.41, 5.74) is 1.09. The minimum Gasteiger partial charge on any atom is -0.454 e. The largest absolute Gasteiger partial charge is 0.454 e. The fourth-order valence-electron chi connectivity index (χ4n) is 1.85. The van der Waals surface area contributed by atoms with Gasteiger partial charge in [-0.25, -0.2) is 0 Å². The molecule has 0 aliphatic carbocycles. The molecule has 4 nitrogen and oxygen atoms in total. The Morgan fingerprint density at radius 1 is 1.26 bits per heavy atom. The van der Waals surface area contributed by atoms with Gasteiger partial charge in [0.15, 0.2) is 11.5 Å². The van der Waals surface area contributed by atoms with E-state index in [1.807, 2.05) is 25.1 Å². The van der Waals surface area contributed by atoms with Crippen LogP contribution in [0.2, 0.25) is 0 Å². The van der Waals surface area contributed by atoms with Crippen LogP contribution in [-0.2, 0) is 11.2 Å². The monoisotopic (exact) mass is 263 g/mol.